The Bertz CT molecular complexity index is 778. The van der Waals surface area contributed by atoms with Crippen molar-refractivity contribution in [2.75, 3.05) is 25.4 Å². The predicted molar refractivity (Wildman–Crippen MR) is 115 cm³/mol. The number of nitrogens with one attached hydrogen (secondary N) is 4. The standard InChI is InChI=1S/C18H32N6O6S/c1-2-3-12-31(28,29)24-18(16(26)27,23-15(25)13-14-6-9-22-30-14)7-4-5-8-19-17-20-10-11-21-17/h9,14,24H,2-8,10-13H2,1H3,(H,23,25)(H,26,27)(H2,19,20,21). The summed E-state index contributed by atoms with van der Waals surface area (Å²) in [5.41, 5.74) is -2.13. The Morgan fingerprint density at radius 1 is 1.35 bits per heavy atom. The van der Waals surface area contributed by atoms with Gasteiger partial charge in [0, 0.05) is 25.7 Å². The van der Waals surface area contributed by atoms with Crippen LogP contribution in [0.25, 0.3) is 0 Å². The number of carboxylic acid groups (broad SMARTS) is 1. The van der Waals surface area contributed by atoms with Crippen LogP contribution in [0.1, 0.15) is 51.9 Å². The second kappa shape index (κ2) is 11.8. The first-order chi connectivity index (χ1) is 14.8. The van der Waals surface area contributed by atoms with Crippen LogP contribution in [0, 0.1) is 0 Å². The number of aliphatic imine (C=N–C) groups is 1. The van der Waals surface area contributed by atoms with Crippen molar-refractivity contribution in [1.82, 2.24) is 20.7 Å². The summed E-state index contributed by atoms with van der Waals surface area (Å²) in [6.45, 7) is 3.84. The molecule has 0 spiro atoms. The van der Waals surface area contributed by atoms with Crippen LogP contribution < -0.4 is 20.7 Å². The highest BCUT2D eigenvalue weighted by atomic mass is 32.2. The van der Waals surface area contributed by atoms with E-state index in [1.807, 2.05) is 6.92 Å². The van der Waals surface area contributed by atoms with Crippen molar-refractivity contribution < 1.29 is 28.0 Å². The van der Waals surface area contributed by atoms with Gasteiger partial charge in [0.2, 0.25) is 21.6 Å². The topological polar surface area (TPSA) is 171 Å². The largest absolute Gasteiger partial charge is 0.478 e. The number of oxime groups is 1. The first kappa shape index (κ1) is 24.9. The SMILES string of the molecule is CCCCS(=O)(=O)NC(CCCCNC1=NCCN1)(NC(=O)CC1CC=NO1)C(=O)O. The van der Waals surface area contributed by atoms with Crippen molar-refractivity contribution in [3.63, 3.8) is 0 Å². The van der Waals surface area contributed by atoms with Crippen LogP contribution in [0.2, 0.25) is 0 Å². The molecule has 0 aromatic rings. The number of rotatable bonds is 14. The molecule has 0 bridgehead atoms. The molecule has 0 aromatic carbocycles. The van der Waals surface area contributed by atoms with Crippen LogP contribution >= 0.6 is 0 Å². The van der Waals surface area contributed by atoms with E-state index in [9.17, 15) is 23.1 Å². The molecule has 2 aliphatic rings. The van der Waals surface area contributed by atoms with Gasteiger partial charge < -0.3 is 25.9 Å². The van der Waals surface area contributed by atoms with Crippen LogP contribution in [0.3, 0.4) is 0 Å². The summed E-state index contributed by atoms with van der Waals surface area (Å²) in [6.07, 6.45) is 3.15. The predicted octanol–water partition coefficient (Wildman–Crippen LogP) is -0.513. The van der Waals surface area contributed by atoms with Crippen LogP contribution in [0.5, 0.6) is 0 Å². The summed E-state index contributed by atoms with van der Waals surface area (Å²) < 4.78 is 27.2. The minimum atomic E-state index is -3.92. The highest BCUT2D eigenvalue weighted by Crippen LogP contribution is 2.17. The molecule has 31 heavy (non-hydrogen) atoms. The van der Waals surface area contributed by atoms with Gasteiger partial charge in [-0.15, -0.1) is 0 Å². The fraction of sp³-hybridized carbons (Fsp3) is 0.778. The molecule has 1 amide bonds. The van der Waals surface area contributed by atoms with Gasteiger partial charge in [-0.25, -0.2) is 13.2 Å². The Kier molecular flexibility index (Phi) is 9.49. The number of carboxylic acids is 1. The number of carbonyl (C=O) groups excluding carboxylic acids is 1. The van der Waals surface area contributed by atoms with Crippen molar-refractivity contribution in [3.8, 4) is 0 Å². The normalized spacial score (nSPS) is 19.8. The molecule has 5 N–H and O–H groups in total. The van der Waals surface area contributed by atoms with Crippen molar-refractivity contribution >= 4 is 34.1 Å². The Balaban J connectivity index is 2.02. The average molecular weight is 461 g/mol. The maximum Gasteiger partial charge on any atom is 0.345 e. The van der Waals surface area contributed by atoms with Gasteiger partial charge in [-0.3, -0.25) is 9.79 Å². The van der Waals surface area contributed by atoms with E-state index < -0.39 is 33.7 Å². The third-order valence-corrected chi connectivity index (χ3v) is 6.31. The molecule has 0 saturated heterocycles. The summed E-state index contributed by atoms with van der Waals surface area (Å²) in [5.74, 6) is -1.61. The monoisotopic (exact) mass is 460 g/mol. The Hall–Kier alpha value is -2.41. The molecule has 12 nitrogen and oxygen atoms in total. The van der Waals surface area contributed by atoms with Crippen molar-refractivity contribution in [2.45, 2.75) is 63.6 Å². The Morgan fingerprint density at radius 3 is 2.77 bits per heavy atom. The molecule has 0 aliphatic carbocycles. The fourth-order valence-electron chi connectivity index (χ4n) is 3.18. The van der Waals surface area contributed by atoms with E-state index in [4.69, 9.17) is 4.84 Å². The van der Waals surface area contributed by atoms with Gasteiger partial charge in [-0.05, 0) is 25.7 Å². The lowest BCUT2D eigenvalue weighted by Gasteiger charge is -2.31. The van der Waals surface area contributed by atoms with Gasteiger partial charge in [-0.1, -0.05) is 18.5 Å². The summed E-state index contributed by atoms with van der Waals surface area (Å²) in [4.78, 5) is 33.9. The van der Waals surface area contributed by atoms with E-state index in [1.165, 1.54) is 6.21 Å². The number of hydrogen-bond donors (Lipinski definition) is 5. The lowest BCUT2D eigenvalue weighted by Crippen LogP contribution is -2.66. The summed E-state index contributed by atoms with van der Waals surface area (Å²) in [6, 6.07) is 0. The van der Waals surface area contributed by atoms with E-state index in [-0.39, 0.29) is 18.6 Å². The minimum Gasteiger partial charge on any atom is -0.478 e. The summed E-state index contributed by atoms with van der Waals surface area (Å²) >= 11 is 0. The molecule has 2 rings (SSSR count). The maximum absolute atomic E-state index is 12.5. The van der Waals surface area contributed by atoms with Gasteiger partial charge in [0.1, 0.15) is 6.10 Å². The first-order valence-electron chi connectivity index (χ1n) is 10.5. The molecule has 2 aliphatic heterocycles. The van der Waals surface area contributed by atoms with Crippen molar-refractivity contribution in [2.24, 2.45) is 10.1 Å². The van der Waals surface area contributed by atoms with E-state index in [0.717, 1.165) is 6.54 Å². The number of amides is 1. The Labute approximate surface area is 182 Å². The number of aliphatic carboxylic acids is 1. The quantitative estimate of drug-likeness (QED) is 0.170. The van der Waals surface area contributed by atoms with Crippen LogP contribution in [-0.4, -0.2) is 74.7 Å². The molecule has 0 radical (unpaired) electrons. The zero-order chi connectivity index (χ0) is 22.7. The minimum absolute atomic E-state index is 0.108. The number of guanidine groups is 1. The molecule has 0 saturated carbocycles. The van der Waals surface area contributed by atoms with Gasteiger partial charge in [0.05, 0.1) is 18.7 Å². The number of nitrogens with zero attached hydrogens (tertiary/aromatic N) is 2. The summed E-state index contributed by atoms with van der Waals surface area (Å²) in [7, 11) is -3.92. The second-order valence-corrected chi connectivity index (χ2v) is 9.37. The fourth-order valence-corrected chi connectivity index (χ4v) is 4.72. The van der Waals surface area contributed by atoms with Gasteiger partial charge in [-0.2, -0.15) is 4.72 Å². The van der Waals surface area contributed by atoms with E-state index in [0.29, 0.717) is 51.2 Å². The molecule has 13 heteroatoms. The van der Waals surface area contributed by atoms with Crippen molar-refractivity contribution in [3.05, 3.63) is 0 Å². The smallest absolute Gasteiger partial charge is 0.345 e. The highest BCUT2D eigenvalue weighted by molar-refractivity contribution is 7.89. The van der Waals surface area contributed by atoms with Gasteiger partial charge in [0.15, 0.2) is 5.96 Å². The molecule has 2 atom stereocenters. The number of carbonyl (C=O) groups is 2. The maximum atomic E-state index is 12.5. The van der Waals surface area contributed by atoms with Gasteiger partial charge in [0.25, 0.3) is 0 Å². The first-order valence-corrected chi connectivity index (χ1v) is 12.2. The second-order valence-electron chi connectivity index (χ2n) is 7.53. The molecule has 2 unspecified atom stereocenters. The van der Waals surface area contributed by atoms with Crippen LogP contribution in [-0.2, 0) is 24.4 Å². The molecule has 0 fully saturated rings. The number of hydrogen-bond acceptors (Lipinski definition) is 9. The molecule has 2 heterocycles. The Morgan fingerprint density at radius 2 is 2.16 bits per heavy atom. The zero-order valence-corrected chi connectivity index (χ0v) is 18.5. The van der Waals surface area contributed by atoms with Crippen molar-refractivity contribution in [1.29, 1.82) is 0 Å². The molecular formula is C18H32N6O6S. The molecule has 176 valence electrons. The lowest BCUT2D eigenvalue weighted by molar-refractivity contribution is -0.149. The van der Waals surface area contributed by atoms with Crippen LogP contribution in [0.4, 0.5) is 0 Å². The zero-order valence-electron chi connectivity index (χ0n) is 17.7. The van der Waals surface area contributed by atoms with E-state index >= 15 is 0 Å². The van der Waals surface area contributed by atoms with Gasteiger partial charge >= 0.3 is 5.97 Å². The third-order valence-electron chi connectivity index (χ3n) is 4.83. The number of sulfonamides is 1. The average Bonchev–Trinajstić information content (AvgIpc) is 3.39. The van der Waals surface area contributed by atoms with E-state index in [1.54, 1.807) is 0 Å². The third kappa shape index (κ3) is 8.32. The molecule has 0 aromatic heterocycles. The lowest BCUT2D eigenvalue weighted by atomic mass is 10.0. The number of unbranched alkanes of at least 4 members (excludes halogenated alkanes) is 2. The van der Waals surface area contributed by atoms with E-state index in [2.05, 4.69) is 30.8 Å². The summed E-state index contributed by atoms with van der Waals surface area (Å²) in [5, 5.41) is 22.1. The van der Waals surface area contributed by atoms with Crippen LogP contribution in [0.15, 0.2) is 10.1 Å². The molecular weight excluding hydrogens is 428 g/mol. The highest BCUT2D eigenvalue weighted by Gasteiger charge is 2.43.